The second-order valence-electron chi connectivity index (χ2n) is 6.64. The number of hydrogen-bond acceptors (Lipinski definition) is 2. The van der Waals surface area contributed by atoms with Crippen molar-refractivity contribution in [1.29, 1.82) is 0 Å². The number of hydrazine groups is 1. The highest BCUT2D eigenvalue weighted by Gasteiger charge is 2.45. The molecule has 1 rings (SSSR count). The standard InChI is InChI=1S/C11H26N2P2/c1-10(2,3)8-7-12-13(15-14)9(8)11(4,5)6/h8-9,12,15H,7,14H2,1-6H3. The third-order valence-electron chi connectivity index (χ3n) is 3.28. The van der Waals surface area contributed by atoms with E-state index in [1.54, 1.807) is 0 Å². The molecule has 1 saturated heterocycles. The molecule has 0 saturated carbocycles. The first-order chi connectivity index (χ1) is 6.68. The largest absolute Gasteiger partial charge is 0.251 e. The van der Waals surface area contributed by atoms with Crippen molar-refractivity contribution in [2.45, 2.75) is 47.6 Å². The summed E-state index contributed by atoms with van der Waals surface area (Å²) in [4.78, 5) is 0. The van der Waals surface area contributed by atoms with E-state index >= 15 is 0 Å². The van der Waals surface area contributed by atoms with Gasteiger partial charge in [0.15, 0.2) is 0 Å². The Bertz CT molecular complexity index is 218. The Hall–Kier alpha value is 0.780. The molecule has 0 bridgehead atoms. The van der Waals surface area contributed by atoms with Crippen molar-refractivity contribution >= 4 is 17.3 Å². The quantitative estimate of drug-likeness (QED) is 0.716. The first-order valence-electron chi connectivity index (χ1n) is 5.67. The van der Waals surface area contributed by atoms with Crippen molar-refractivity contribution < 1.29 is 0 Å². The molecule has 0 spiro atoms. The van der Waals surface area contributed by atoms with Crippen molar-refractivity contribution in [3.05, 3.63) is 0 Å². The number of rotatable bonds is 1. The van der Waals surface area contributed by atoms with Crippen LogP contribution in [-0.4, -0.2) is 17.4 Å². The van der Waals surface area contributed by atoms with Crippen LogP contribution in [0.1, 0.15) is 41.5 Å². The third-order valence-corrected chi connectivity index (χ3v) is 4.83. The fourth-order valence-corrected chi connectivity index (χ4v) is 4.15. The molecule has 4 heteroatoms. The van der Waals surface area contributed by atoms with Gasteiger partial charge < -0.3 is 0 Å². The molecule has 0 aromatic carbocycles. The van der Waals surface area contributed by atoms with Gasteiger partial charge in [-0.1, -0.05) is 50.5 Å². The molecule has 2 nitrogen and oxygen atoms in total. The van der Waals surface area contributed by atoms with E-state index in [2.05, 4.69) is 60.7 Å². The van der Waals surface area contributed by atoms with Gasteiger partial charge in [-0.25, -0.2) is 4.78 Å². The predicted octanol–water partition coefficient (Wildman–Crippen LogP) is 3.27. The van der Waals surface area contributed by atoms with Gasteiger partial charge in [0.05, 0.1) is 0 Å². The highest BCUT2D eigenvalue weighted by molar-refractivity contribution is 8.01. The molecule has 0 aliphatic carbocycles. The zero-order valence-corrected chi connectivity index (χ0v) is 13.0. The van der Waals surface area contributed by atoms with Crippen LogP contribution in [0.5, 0.6) is 0 Å². The maximum Gasteiger partial charge on any atom is 0.0379 e. The molecule has 15 heavy (non-hydrogen) atoms. The Morgan fingerprint density at radius 1 is 1.13 bits per heavy atom. The van der Waals surface area contributed by atoms with Crippen LogP contribution < -0.4 is 5.43 Å². The molecule has 90 valence electrons. The summed E-state index contributed by atoms with van der Waals surface area (Å²) in [6.45, 7) is 15.2. The topological polar surface area (TPSA) is 15.3 Å². The van der Waals surface area contributed by atoms with E-state index in [0.717, 1.165) is 20.9 Å². The van der Waals surface area contributed by atoms with E-state index in [1.807, 2.05) is 0 Å². The zero-order chi connectivity index (χ0) is 11.9. The average Bonchev–Trinajstić information content (AvgIpc) is 2.44. The third kappa shape index (κ3) is 3.13. The van der Waals surface area contributed by atoms with Crippen molar-refractivity contribution in [1.82, 2.24) is 10.2 Å². The zero-order valence-electron chi connectivity index (χ0n) is 10.9. The monoisotopic (exact) mass is 248 g/mol. The Balaban J connectivity index is 2.92. The smallest absolute Gasteiger partial charge is 0.0379 e. The van der Waals surface area contributed by atoms with Crippen LogP contribution in [0, 0.1) is 16.7 Å². The van der Waals surface area contributed by atoms with E-state index < -0.39 is 0 Å². The minimum atomic E-state index is 0.338. The van der Waals surface area contributed by atoms with Crippen LogP contribution in [0.3, 0.4) is 0 Å². The van der Waals surface area contributed by atoms with Gasteiger partial charge in [-0.2, -0.15) is 0 Å². The predicted molar refractivity (Wildman–Crippen MR) is 74.1 cm³/mol. The summed E-state index contributed by atoms with van der Waals surface area (Å²) in [5.74, 6) is 0.727. The van der Waals surface area contributed by atoms with E-state index in [4.69, 9.17) is 0 Å². The lowest BCUT2D eigenvalue weighted by molar-refractivity contribution is 0.109. The molecule has 1 fully saturated rings. The number of nitrogens with one attached hydrogen (secondary N) is 1. The van der Waals surface area contributed by atoms with Crippen LogP contribution in [0.15, 0.2) is 0 Å². The Kier molecular flexibility index (Phi) is 4.22. The molecule has 0 aromatic heterocycles. The fraction of sp³-hybridized carbons (Fsp3) is 1.00. The minimum Gasteiger partial charge on any atom is -0.251 e. The van der Waals surface area contributed by atoms with Crippen LogP contribution >= 0.6 is 17.3 Å². The molecule has 4 atom stereocenters. The van der Waals surface area contributed by atoms with Crippen molar-refractivity contribution in [3.63, 3.8) is 0 Å². The van der Waals surface area contributed by atoms with Gasteiger partial charge in [-0.3, -0.25) is 5.43 Å². The summed E-state index contributed by atoms with van der Waals surface area (Å²) < 4.78 is 2.42. The molecule has 0 aromatic rings. The van der Waals surface area contributed by atoms with Gasteiger partial charge in [-0.15, -0.1) is 0 Å². The van der Waals surface area contributed by atoms with Crippen molar-refractivity contribution in [2.75, 3.05) is 6.54 Å². The van der Waals surface area contributed by atoms with E-state index in [1.165, 1.54) is 0 Å². The van der Waals surface area contributed by atoms with Gasteiger partial charge in [0.2, 0.25) is 0 Å². The second-order valence-corrected chi connectivity index (χ2v) is 8.16. The van der Waals surface area contributed by atoms with E-state index in [9.17, 15) is 0 Å². The summed E-state index contributed by atoms with van der Waals surface area (Å²) in [5.41, 5.74) is 4.26. The highest BCUT2D eigenvalue weighted by Crippen LogP contribution is 2.46. The van der Waals surface area contributed by atoms with Gasteiger partial charge in [0.1, 0.15) is 0 Å². The lowest BCUT2D eigenvalue weighted by Crippen LogP contribution is -2.44. The van der Waals surface area contributed by atoms with Gasteiger partial charge in [0.25, 0.3) is 0 Å². The highest BCUT2D eigenvalue weighted by atomic mass is 32.0. The maximum atomic E-state index is 3.54. The van der Waals surface area contributed by atoms with Crippen LogP contribution in [0.4, 0.5) is 0 Å². The molecule has 4 unspecified atom stereocenters. The lowest BCUT2D eigenvalue weighted by Gasteiger charge is -2.41. The van der Waals surface area contributed by atoms with E-state index in [0.29, 0.717) is 16.9 Å². The molecule has 1 heterocycles. The Morgan fingerprint density at radius 3 is 2.00 bits per heavy atom. The van der Waals surface area contributed by atoms with Gasteiger partial charge >= 0.3 is 0 Å². The molecule has 0 amide bonds. The SMILES string of the molecule is CC(C)(C)C1CNN(PP)C1C(C)(C)C. The summed E-state index contributed by atoms with van der Waals surface area (Å²) in [6, 6.07) is 0.633. The first-order valence-corrected chi connectivity index (χ1v) is 8.42. The summed E-state index contributed by atoms with van der Waals surface area (Å²) in [5, 5.41) is 0. The Labute approximate surface area is 98.9 Å². The van der Waals surface area contributed by atoms with Crippen LogP contribution in [0.25, 0.3) is 0 Å². The second kappa shape index (κ2) is 4.57. The van der Waals surface area contributed by atoms with Crippen molar-refractivity contribution in [3.8, 4) is 0 Å². The lowest BCUT2D eigenvalue weighted by atomic mass is 9.69. The van der Waals surface area contributed by atoms with Crippen molar-refractivity contribution in [2.24, 2.45) is 16.7 Å². The number of nitrogens with zero attached hydrogens (tertiary/aromatic N) is 1. The summed E-state index contributed by atoms with van der Waals surface area (Å²) in [6.07, 6.45) is 0. The minimum absolute atomic E-state index is 0.338. The average molecular weight is 248 g/mol. The van der Waals surface area contributed by atoms with Crippen LogP contribution in [-0.2, 0) is 0 Å². The molecular weight excluding hydrogens is 222 g/mol. The van der Waals surface area contributed by atoms with E-state index in [-0.39, 0.29) is 0 Å². The van der Waals surface area contributed by atoms with Gasteiger partial charge in [-0.05, 0) is 25.2 Å². The van der Waals surface area contributed by atoms with Crippen LogP contribution in [0.2, 0.25) is 0 Å². The first kappa shape index (κ1) is 13.8. The van der Waals surface area contributed by atoms with Gasteiger partial charge in [0, 0.05) is 12.6 Å². The molecule has 1 aliphatic heterocycles. The molecular formula is C11H26N2P2. The molecule has 1 N–H and O–H groups in total. The summed E-state index contributed by atoms with van der Waals surface area (Å²) in [7, 11) is 3.62. The molecule has 1 aliphatic rings. The summed E-state index contributed by atoms with van der Waals surface area (Å²) >= 11 is 0. The Morgan fingerprint density at radius 2 is 1.67 bits per heavy atom. The number of hydrogen-bond donors (Lipinski definition) is 1. The fourth-order valence-electron chi connectivity index (χ4n) is 2.48. The maximum absolute atomic E-state index is 3.54. The normalized spacial score (nSPS) is 30.6. The molecule has 0 radical (unpaired) electrons.